The van der Waals surface area contributed by atoms with Gasteiger partial charge in [-0.1, -0.05) is 13.8 Å². The zero-order valence-corrected chi connectivity index (χ0v) is 11.1. The van der Waals surface area contributed by atoms with Gasteiger partial charge in [-0.05, 0) is 49.9 Å². The van der Waals surface area contributed by atoms with Crippen molar-refractivity contribution in [3.63, 3.8) is 0 Å². The molecule has 0 unspecified atom stereocenters. The molecule has 0 heterocycles. The molecule has 0 saturated heterocycles. The third kappa shape index (κ3) is 2.91. The van der Waals surface area contributed by atoms with E-state index in [1.807, 2.05) is 6.92 Å². The number of hydrogen-bond acceptors (Lipinski definition) is 2. The van der Waals surface area contributed by atoms with Crippen molar-refractivity contribution in [3.05, 3.63) is 23.3 Å². The third-order valence-electron chi connectivity index (χ3n) is 2.65. The van der Waals surface area contributed by atoms with Crippen molar-refractivity contribution >= 4 is 5.69 Å². The molecular formula is C14H23NO. The average molecular weight is 221 g/mol. The molecule has 0 aliphatic heterocycles. The van der Waals surface area contributed by atoms with Crippen molar-refractivity contribution in [2.45, 2.75) is 40.5 Å². The van der Waals surface area contributed by atoms with Crippen LogP contribution in [0.3, 0.4) is 0 Å². The average Bonchev–Trinajstić information content (AvgIpc) is 2.22. The van der Waals surface area contributed by atoms with Gasteiger partial charge in [0.05, 0.1) is 6.61 Å². The van der Waals surface area contributed by atoms with Gasteiger partial charge < -0.3 is 10.1 Å². The fourth-order valence-corrected chi connectivity index (χ4v) is 1.81. The minimum absolute atomic E-state index is 0.486. The van der Waals surface area contributed by atoms with E-state index in [2.05, 4.69) is 45.1 Å². The molecule has 0 atom stereocenters. The summed E-state index contributed by atoms with van der Waals surface area (Å²) in [7, 11) is 0. The van der Waals surface area contributed by atoms with Crippen molar-refractivity contribution in [2.24, 2.45) is 0 Å². The smallest absolute Gasteiger partial charge is 0.123 e. The fourth-order valence-electron chi connectivity index (χ4n) is 1.81. The van der Waals surface area contributed by atoms with E-state index < -0.39 is 0 Å². The Balaban J connectivity index is 3.14. The van der Waals surface area contributed by atoms with Crippen molar-refractivity contribution < 1.29 is 4.74 Å². The lowest BCUT2D eigenvalue weighted by Crippen LogP contribution is -2.04. The van der Waals surface area contributed by atoms with Gasteiger partial charge in [0.15, 0.2) is 0 Å². The molecule has 0 saturated carbocycles. The highest BCUT2D eigenvalue weighted by Gasteiger charge is 2.11. The highest BCUT2D eigenvalue weighted by Crippen LogP contribution is 2.32. The zero-order valence-electron chi connectivity index (χ0n) is 11.1. The Hall–Kier alpha value is -1.18. The number of ether oxygens (including phenoxy) is 1. The van der Waals surface area contributed by atoms with E-state index in [0.717, 1.165) is 18.9 Å². The molecule has 1 aromatic rings. The van der Waals surface area contributed by atoms with Gasteiger partial charge in [0.2, 0.25) is 0 Å². The van der Waals surface area contributed by atoms with E-state index in [-0.39, 0.29) is 0 Å². The number of rotatable bonds is 5. The summed E-state index contributed by atoms with van der Waals surface area (Å²) in [5.74, 6) is 1.51. The van der Waals surface area contributed by atoms with Crippen LogP contribution < -0.4 is 10.1 Å². The summed E-state index contributed by atoms with van der Waals surface area (Å²) in [4.78, 5) is 0. The lowest BCUT2D eigenvalue weighted by molar-refractivity contribution is 0.335. The van der Waals surface area contributed by atoms with Crippen molar-refractivity contribution in [1.29, 1.82) is 0 Å². The molecule has 2 heteroatoms. The Bertz CT molecular complexity index is 345. The summed E-state index contributed by atoms with van der Waals surface area (Å²) in [5, 5.41) is 3.38. The Kier molecular flexibility index (Phi) is 4.66. The first-order valence-electron chi connectivity index (χ1n) is 6.11. The number of nitrogens with one attached hydrogen (secondary N) is 1. The minimum atomic E-state index is 0.486. The molecule has 1 aromatic carbocycles. The molecule has 0 aliphatic rings. The summed E-state index contributed by atoms with van der Waals surface area (Å²) in [6.07, 6.45) is 0. The van der Waals surface area contributed by atoms with E-state index in [1.165, 1.54) is 16.8 Å². The van der Waals surface area contributed by atoms with Crippen LogP contribution in [0.1, 0.15) is 44.7 Å². The molecule has 0 bridgehead atoms. The van der Waals surface area contributed by atoms with Crippen LogP contribution in [-0.2, 0) is 0 Å². The van der Waals surface area contributed by atoms with Crippen LogP contribution >= 0.6 is 0 Å². The molecular weight excluding hydrogens is 198 g/mol. The molecule has 16 heavy (non-hydrogen) atoms. The van der Waals surface area contributed by atoms with Gasteiger partial charge in [-0.2, -0.15) is 0 Å². The maximum atomic E-state index is 5.68. The first-order chi connectivity index (χ1) is 7.60. The van der Waals surface area contributed by atoms with Crippen molar-refractivity contribution in [3.8, 4) is 5.75 Å². The molecule has 1 rings (SSSR count). The third-order valence-corrected chi connectivity index (χ3v) is 2.65. The molecule has 0 fully saturated rings. The van der Waals surface area contributed by atoms with Gasteiger partial charge in [0.1, 0.15) is 5.75 Å². The van der Waals surface area contributed by atoms with Gasteiger partial charge in [-0.25, -0.2) is 0 Å². The van der Waals surface area contributed by atoms with Crippen molar-refractivity contribution in [1.82, 2.24) is 0 Å². The van der Waals surface area contributed by atoms with E-state index >= 15 is 0 Å². The lowest BCUT2D eigenvalue weighted by Gasteiger charge is -2.17. The standard InChI is InChI=1S/C14H23NO/c1-6-15-13-9-12(10(3)4)14(16-7-2)8-11(13)5/h8-10,15H,6-7H2,1-5H3. The molecule has 0 spiro atoms. The predicted octanol–water partition coefficient (Wildman–Crippen LogP) is 3.95. The number of benzene rings is 1. The highest BCUT2D eigenvalue weighted by atomic mass is 16.5. The van der Waals surface area contributed by atoms with Gasteiger partial charge in [-0.3, -0.25) is 0 Å². The second-order valence-corrected chi connectivity index (χ2v) is 4.32. The lowest BCUT2D eigenvalue weighted by atomic mass is 9.99. The fraction of sp³-hybridized carbons (Fsp3) is 0.571. The van der Waals surface area contributed by atoms with E-state index in [1.54, 1.807) is 0 Å². The van der Waals surface area contributed by atoms with Crippen LogP contribution in [0.2, 0.25) is 0 Å². The monoisotopic (exact) mass is 221 g/mol. The SMILES string of the molecule is CCNc1cc(C(C)C)c(OCC)cc1C. The normalized spacial score (nSPS) is 10.6. The second-order valence-electron chi connectivity index (χ2n) is 4.32. The van der Waals surface area contributed by atoms with Crippen LogP contribution in [0.25, 0.3) is 0 Å². The summed E-state index contributed by atoms with van der Waals surface area (Å²) in [6.45, 7) is 12.3. The van der Waals surface area contributed by atoms with E-state index in [4.69, 9.17) is 4.74 Å². The first-order valence-corrected chi connectivity index (χ1v) is 6.11. The number of hydrogen-bond donors (Lipinski definition) is 1. The molecule has 0 radical (unpaired) electrons. The molecule has 90 valence electrons. The summed E-state index contributed by atoms with van der Waals surface area (Å²) >= 11 is 0. The van der Waals surface area contributed by atoms with Crippen LogP contribution in [-0.4, -0.2) is 13.2 Å². The number of anilines is 1. The van der Waals surface area contributed by atoms with Crippen LogP contribution in [0.15, 0.2) is 12.1 Å². The Morgan fingerprint density at radius 1 is 1.25 bits per heavy atom. The largest absolute Gasteiger partial charge is 0.494 e. The van der Waals surface area contributed by atoms with Crippen LogP contribution in [0, 0.1) is 6.92 Å². The molecule has 1 N–H and O–H groups in total. The summed E-state index contributed by atoms with van der Waals surface area (Å²) in [6, 6.07) is 4.35. The van der Waals surface area contributed by atoms with Gasteiger partial charge in [0, 0.05) is 12.2 Å². The van der Waals surface area contributed by atoms with Gasteiger partial charge >= 0.3 is 0 Å². The topological polar surface area (TPSA) is 21.3 Å². The first kappa shape index (κ1) is 12.9. The Morgan fingerprint density at radius 3 is 2.44 bits per heavy atom. The summed E-state index contributed by atoms with van der Waals surface area (Å²) in [5.41, 5.74) is 3.74. The second kappa shape index (κ2) is 5.78. The van der Waals surface area contributed by atoms with E-state index in [9.17, 15) is 0 Å². The summed E-state index contributed by atoms with van der Waals surface area (Å²) < 4.78 is 5.68. The molecule has 2 nitrogen and oxygen atoms in total. The predicted molar refractivity (Wildman–Crippen MR) is 70.6 cm³/mol. The number of aryl methyl sites for hydroxylation is 1. The van der Waals surface area contributed by atoms with Crippen LogP contribution in [0.4, 0.5) is 5.69 Å². The van der Waals surface area contributed by atoms with Gasteiger partial charge in [0.25, 0.3) is 0 Å². The Morgan fingerprint density at radius 2 is 1.94 bits per heavy atom. The van der Waals surface area contributed by atoms with Crippen LogP contribution in [0.5, 0.6) is 5.75 Å². The maximum absolute atomic E-state index is 5.68. The zero-order chi connectivity index (χ0) is 12.1. The quantitative estimate of drug-likeness (QED) is 0.813. The molecule has 0 aliphatic carbocycles. The highest BCUT2D eigenvalue weighted by molar-refractivity contribution is 5.58. The minimum Gasteiger partial charge on any atom is -0.494 e. The Labute approximate surface area is 99.0 Å². The molecule has 0 amide bonds. The van der Waals surface area contributed by atoms with Crippen molar-refractivity contribution in [2.75, 3.05) is 18.5 Å². The van der Waals surface area contributed by atoms with Gasteiger partial charge in [-0.15, -0.1) is 0 Å². The maximum Gasteiger partial charge on any atom is 0.123 e. The molecule has 0 aromatic heterocycles. The van der Waals surface area contributed by atoms with E-state index in [0.29, 0.717) is 5.92 Å².